The van der Waals surface area contributed by atoms with Crippen molar-refractivity contribution in [1.29, 1.82) is 0 Å². The van der Waals surface area contributed by atoms with Crippen LogP contribution in [0.25, 0.3) is 0 Å². The van der Waals surface area contributed by atoms with Crippen LogP contribution < -0.4 is 4.90 Å². The molecular formula is C25H25NO5. The first-order valence-electron chi connectivity index (χ1n) is 10.6. The number of carbonyl (C=O) groups excluding carboxylic acids is 4. The number of ether oxygens (including phenoxy) is 1. The van der Waals surface area contributed by atoms with Crippen LogP contribution in [0.2, 0.25) is 0 Å². The molecule has 2 aromatic carbocycles. The van der Waals surface area contributed by atoms with Crippen molar-refractivity contribution in [2.45, 2.75) is 33.1 Å². The van der Waals surface area contributed by atoms with Crippen LogP contribution in [0, 0.1) is 24.7 Å². The summed E-state index contributed by atoms with van der Waals surface area (Å²) in [5.41, 5.74) is 2.24. The molecule has 0 radical (unpaired) electrons. The van der Waals surface area contributed by atoms with Crippen molar-refractivity contribution in [3.05, 3.63) is 65.2 Å². The highest BCUT2D eigenvalue weighted by atomic mass is 16.5. The van der Waals surface area contributed by atoms with E-state index in [9.17, 15) is 19.2 Å². The molecule has 0 aromatic heterocycles. The van der Waals surface area contributed by atoms with E-state index < -0.39 is 5.97 Å². The average Bonchev–Trinajstić information content (AvgIpc) is 3.02. The number of ketones is 1. The Morgan fingerprint density at radius 2 is 1.52 bits per heavy atom. The minimum Gasteiger partial charge on any atom is -0.454 e. The number of hydrogen-bond donors (Lipinski definition) is 0. The lowest BCUT2D eigenvalue weighted by Crippen LogP contribution is -2.30. The smallest absolute Gasteiger partial charge is 0.338 e. The normalized spacial score (nSPS) is 22.9. The van der Waals surface area contributed by atoms with Crippen LogP contribution >= 0.6 is 0 Å². The molecule has 1 saturated carbocycles. The van der Waals surface area contributed by atoms with Gasteiger partial charge in [-0.25, -0.2) is 4.79 Å². The largest absolute Gasteiger partial charge is 0.454 e. The third-order valence-corrected chi connectivity index (χ3v) is 6.26. The van der Waals surface area contributed by atoms with Gasteiger partial charge in [0.25, 0.3) is 0 Å². The number of nitrogens with zero attached hydrogens (tertiary/aromatic N) is 1. The molecule has 1 saturated heterocycles. The van der Waals surface area contributed by atoms with Crippen LogP contribution in [0.5, 0.6) is 0 Å². The van der Waals surface area contributed by atoms with Gasteiger partial charge in [0.2, 0.25) is 11.8 Å². The molecule has 0 unspecified atom stereocenters. The Hall–Kier alpha value is -3.28. The fraction of sp³-hybridized carbons (Fsp3) is 0.360. The van der Waals surface area contributed by atoms with E-state index in [4.69, 9.17) is 4.74 Å². The summed E-state index contributed by atoms with van der Waals surface area (Å²) in [6.45, 7) is 3.69. The van der Waals surface area contributed by atoms with Crippen molar-refractivity contribution in [2.75, 3.05) is 11.5 Å². The first-order chi connectivity index (χ1) is 14.8. The Morgan fingerprint density at radius 3 is 2.19 bits per heavy atom. The predicted octanol–water partition coefficient (Wildman–Crippen LogP) is 3.96. The van der Waals surface area contributed by atoms with Gasteiger partial charge in [0.1, 0.15) is 0 Å². The fourth-order valence-electron chi connectivity index (χ4n) is 4.43. The molecule has 160 valence electrons. The molecule has 2 amide bonds. The van der Waals surface area contributed by atoms with Gasteiger partial charge in [-0.1, -0.05) is 36.8 Å². The van der Waals surface area contributed by atoms with Crippen molar-refractivity contribution in [3.8, 4) is 0 Å². The molecule has 1 heterocycles. The van der Waals surface area contributed by atoms with E-state index in [2.05, 4.69) is 6.92 Å². The van der Waals surface area contributed by atoms with Gasteiger partial charge in [0, 0.05) is 5.56 Å². The highest BCUT2D eigenvalue weighted by molar-refractivity contribution is 6.22. The minimum absolute atomic E-state index is 0.152. The second kappa shape index (κ2) is 8.46. The van der Waals surface area contributed by atoms with Crippen LogP contribution in [0.3, 0.4) is 0 Å². The number of anilines is 1. The number of benzene rings is 2. The molecule has 1 aliphatic carbocycles. The van der Waals surface area contributed by atoms with Crippen molar-refractivity contribution >= 4 is 29.3 Å². The summed E-state index contributed by atoms with van der Waals surface area (Å²) in [7, 11) is 0. The molecule has 6 heteroatoms. The highest BCUT2D eigenvalue weighted by Crippen LogP contribution is 2.42. The average molecular weight is 419 g/mol. The first-order valence-corrected chi connectivity index (χ1v) is 10.6. The molecule has 2 aromatic rings. The standard InChI is InChI=1S/C25H25NO5/c1-15-3-6-17(7-4-15)22(27)14-31-25(30)18-8-10-19(11-9-18)26-23(28)20-12-5-16(2)13-21(20)24(26)29/h3-4,6-11,16,20-21H,5,12-14H2,1-2H3/t16-,20+,21+/m0/s1. The second-order valence-electron chi connectivity index (χ2n) is 8.56. The van der Waals surface area contributed by atoms with Crippen LogP contribution in [-0.4, -0.2) is 30.2 Å². The van der Waals surface area contributed by atoms with Gasteiger partial charge < -0.3 is 4.74 Å². The topological polar surface area (TPSA) is 80.8 Å². The summed E-state index contributed by atoms with van der Waals surface area (Å²) in [5.74, 6) is -1.25. The Bertz CT molecular complexity index is 1020. The van der Waals surface area contributed by atoms with E-state index in [1.807, 2.05) is 19.1 Å². The maximum atomic E-state index is 12.8. The summed E-state index contributed by atoms with van der Waals surface area (Å²) >= 11 is 0. The number of hydrogen-bond acceptors (Lipinski definition) is 5. The van der Waals surface area contributed by atoms with Gasteiger partial charge in [0.05, 0.1) is 23.1 Å². The number of fused-ring (bicyclic) bond motifs is 1. The lowest BCUT2D eigenvalue weighted by molar-refractivity contribution is -0.122. The minimum atomic E-state index is -0.631. The molecule has 0 N–H and O–H groups in total. The van der Waals surface area contributed by atoms with Crippen molar-refractivity contribution in [3.63, 3.8) is 0 Å². The molecular weight excluding hydrogens is 394 g/mol. The summed E-state index contributed by atoms with van der Waals surface area (Å²) in [6, 6.07) is 13.2. The Balaban J connectivity index is 1.40. The van der Waals surface area contributed by atoms with E-state index >= 15 is 0 Å². The molecule has 2 aliphatic rings. The van der Waals surface area contributed by atoms with Gasteiger partial charge in [0.15, 0.2) is 12.4 Å². The maximum absolute atomic E-state index is 12.8. The van der Waals surface area contributed by atoms with E-state index in [1.165, 1.54) is 17.0 Å². The van der Waals surface area contributed by atoms with Crippen LogP contribution in [0.4, 0.5) is 5.69 Å². The third kappa shape index (κ3) is 4.15. The number of Topliss-reactive ketones (excluding diaryl/α,β-unsaturated/α-hetero) is 1. The van der Waals surface area contributed by atoms with Crippen LogP contribution in [0.15, 0.2) is 48.5 Å². The van der Waals surface area contributed by atoms with Crippen molar-refractivity contribution < 1.29 is 23.9 Å². The van der Waals surface area contributed by atoms with Gasteiger partial charge in [-0.15, -0.1) is 0 Å². The first kappa shape index (κ1) is 21.0. The van der Waals surface area contributed by atoms with E-state index in [1.54, 1.807) is 24.3 Å². The molecule has 31 heavy (non-hydrogen) atoms. The highest BCUT2D eigenvalue weighted by Gasteiger charge is 2.49. The number of amides is 2. The van der Waals surface area contributed by atoms with Crippen molar-refractivity contribution in [1.82, 2.24) is 0 Å². The van der Waals surface area contributed by atoms with E-state index in [0.29, 0.717) is 17.2 Å². The molecule has 3 atom stereocenters. The van der Waals surface area contributed by atoms with Crippen LogP contribution in [0.1, 0.15) is 52.5 Å². The van der Waals surface area contributed by atoms with Gasteiger partial charge in [-0.2, -0.15) is 0 Å². The Labute approximate surface area is 181 Å². The summed E-state index contributed by atoms with van der Waals surface area (Å²) in [6.07, 6.45) is 2.44. The Morgan fingerprint density at radius 1 is 0.903 bits per heavy atom. The third-order valence-electron chi connectivity index (χ3n) is 6.26. The van der Waals surface area contributed by atoms with Gasteiger partial charge >= 0.3 is 5.97 Å². The molecule has 2 fully saturated rings. The number of rotatable bonds is 5. The monoisotopic (exact) mass is 419 g/mol. The fourth-order valence-corrected chi connectivity index (χ4v) is 4.43. The number of esters is 1. The number of imide groups is 1. The molecule has 6 nitrogen and oxygen atoms in total. The summed E-state index contributed by atoms with van der Waals surface area (Å²) < 4.78 is 5.14. The summed E-state index contributed by atoms with van der Waals surface area (Å²) in [5, 5.41) is 0. The lowest BCUT2D eigenvalue weighted by Gasteiger charge is -2.25. The quantitative estimate of drug-likeness (QED) is 0.416. The van der Waals surface area contributed by atoms with Gasteiger partial charge in [-0.3, -0.25) is 19.3 Å². The van der Waals surface area contributed by atoms with Crippen LogP contribution in [-0.2, 0) is 14.3 Å². The number of carbonyl (C=O) groups is 4. The second-order valence-corrected chi connectivity index (χ2v) is 8.56. The SMILES string of the molecule is Cc1ccc(C(=O)COC(=O)c2ccc(N3C(=O)[C@@H]4CC[C@H](C)C[C@H]4C3=O)cc2)cc1. The van der Waals surface area contributed by atoms with E-state index in [0.717, 1.165) is 24.8 Å². The molecule has 0 bridgehead atoms. The number of aryl methyl sites for hydroxylation is 1. The zero-order valence-corrected chi connectivity index (χ0v) is 17.7. The maximum Gasteiger partial charge on any atom is 0.338 e. The van der Waals surface area contributed by atoms with Gasteiger partial charge in [-0.05, 0) is 56.4 Å². The zero-order chi connectivity index (χ0) is 22.1. The molecule has 1 aliphatic heterocycles. The zero-order valence-electron chi connectivity index (χ0n) is 17.7. The van der Waals surface area contributed by atoms with E-state index in [-0.39, 0.29) is 41.6 Å². The Kier molecular flexibility index (Phi) is 5.72. The van der Waals surface area contributed by atoms with Crippen molar-refractivity contribution in [2.24, 2.45) is 17.8 Å². The summed E-state index contributed by atoms with van der Waals surface area (Å²) in [4.78, 5) is 51.4. The predicted molar refractivity (Wildman–Crippen MR) is 115 cm³/mol. The molecule has 4 rings (SSSR count). The molecule has 0 spiro atoms. The lowest BCUT2D eigenvalue weighted by atomic mass is 9.76.